The summed E-state index contributed by atoms with van der Waals surface area (Å²) < 4.78 is 0. The molecule has 0 saturated heterocycles. The number of carbonyl (C=O) groups is 1. The molecule has 0 radical (unpaired) electrons. The first-order valence-corrected chi connectivity index (χ1v) is 5.92. The molecule has 84 valence electrons. The smallest absolute Gasteiger partial charge is 0.123 e. The minimum Gasteiger partial charge on any atom is -0.303 e. The molecule has 0 spiro atoms. The normalized spacial score (nSPS) is 15.9. The van der Waals surface area contributed by atoms with Crippen molar-refractivity contribution in [3.63, 3.8) is 0 Å². The molecule has 0 aliphatic carbocycles. The maximum Gasteiger partial charge on any atom is 0.123 e. The third-order valence-corrected chi connectivity index (χ3v) is 2.85. The maximum absolute atomic E-state index is 10.9. The Kier molecular flexibility index (Phi) is 6.86. The fourth-order valence-corrected chi connectivity index (χ4v) is 1.78. The van der Waals surface area contributed by atoms with Gasteiger partial charge in [0, 0.05) is 5.92 Å². The van der Waals surface area contributed by atoms with Gasteiger partial charge in [-0.15, -0.1) is 0 Å². The van der Waals surface area contributed by atoms with Crippen molar-refractivity contribution in [3.8, 4) is 0 Å². The number of rotatable bonds is 7. The standard InChI is InChI=1S/C13H26O/c1-10(2)6-7-12(5)13(9-14)8-11(3)4/h9-13H,6-8H2,1-5H3. The van der Waals surface area contributed by atoms with Gasteiger partial charge in [-0.25, -0.2) is 0 Å². The molecule has 14 heavy (non-hydrogen) atoms. The molecule has 0 aromatic heterocycles. The van der Waals surface area contributed by atoms with Crippen LogP contribution in [0.2, 0.25) is 0 Å². The second kappa shape index (κ2) is 7.03. The van der Waals surface area contributed by atoms with Gasteiger partial charge >= 0.3 is 0 Å². The summed E-state index contributed by atoms with van der Waals surface area (Å²) in [4.78, 5) is 10.9. The lowest BCUT2D eigenvalue weighted by Crippen LogP contribution is -2.16. The van der Waals surface area contributed by atoms with Crippen molar-refractivity contribution < 1.29 is 4.79 Å². The summed E-state index contributed by atoms with van der Waals surface area (Å²) in [6, 6.07) is 0. The molecular formula is C13H26O. The van der Waals surface area contributed by atoms with Crippen LogP contribution in [-0.4, -0.2) is 6.29 Å². The Hall–Kier alpha value is -0.330. The van der Waals surface area contributed by atoms with E-state index in [1.165, 1.54) is 12.8 Å². The molecule has 0 amide bonds. The highest BCUT2D eigenvalue weighted by atomic mass is 16.1. The molecule has 0 aromatic carbocycles. The van der Waals surface area contributed by atoms with E-state index in [1.807, 2.05) is 0 Å². The highest BCUT2D eigenvalue weighted by molar-refractivity contribution is 5.53. The summed E-state index contributed by atoms with van der Waals surface area (Å²) in [5.41, 5.74) is 0. The summed E-state index contributed by atoms with van der Waals surface area (Å²) in [5, 5.41) is 0. The van der Waals surface area contributed by atoms with Gasteiger partial charge in [0.25, 0.3) is 0 Å². The molecule has 0 heterocycles. The van der Waals surface area contributed by atoms with Crippen molar-refractivity contribution in [3.05, 3.63) is 0 Å². The third-order valence-electron chi connectivity index (χ3n) is 2.85. The van der Waals surface area contributed by atoms with Crippen LogP contribution in [0.15, 0.2) is 0 Å². The largest absolute Gasteiger partial charge is 0.303 e. The van der Waals surface area contributed by atoms with E-state index in [9.17, 15) is 4.79 Å². The number of aldehydes is 1. The van der Waals surface area contributed by atoms with E-state index in [0.29, 0.717) is 11.8 Å². The minimum atomic E-state index is 0.272. The topological polar surface area (TPSA) is 17.1 Å². The molecule has 0 N–H and O–H groups in total. The molecule has 0 aromatic rings. The van der Waals surface area contributed by atoms with E-state index in [4.69, 9.17) is 0 Å². The highest BCUT2D eigenvalue weighted by Crippen LogP contribution is 2.23. The van der Waals surface area contributed by atoms with Crippen molar-refractivity contribution in [2.45, 2.75) is 53.9 Å². The van der Waals surface area contributed by atoms with Crippen molar-refractivity contribution in [1.29, 1.82) is 0 Å². The van der Waals surface area contributed by atoms with E-state index >= 15 is 0 Å². The first kappa shape index (κ1) is 13.7. The zero-order valence-electron chi connectivity index (χ0n) is 10.4. The van der Waals surface area contributed by atoms with Gasteiger partial charge in [-0.1, -0.05) is 41.0 Å². The molecule has 0 rings (SSSR count). The predicted molar refractivity (Wildman–Crippen MR) is 62.2 cm³/mol. The SMILES string of the molecule is CC(C)CCC(C)C(C=O)CC(C)C. The maximum atomic E-state index is 10.9. The van der Waals surface area contributed by atoms with Crippen LogP contribution in [0, 0.1) is 23.7 Å². The first-order chi connectivity index (χ1) is 6.47. The van der Waals surface area contributed by atoms with Crippen LogP contribution in [0.1, 0.15) is 53.9 Å². The van der Waals surface area contributed by atoms with Crippen molar-refractivity contribution in [2.75, 3.05) is 0 Å². The fraction of sp³-hybridized carbons (Fsp3) is 0.923. The zero-order chi connectivity index (χ0) is 11.1. The Bertz CT molecular complexity index is 149. The van der Waals surface area contributed by atoms with Gasteiger partial charge in [-0.2, -0.15) is 0 Å². The Morgan fingerprint density at radius 1 is 0.929 bits per heavy atom. The van der Waals surface area contributed by atoms with E-state index in [2.05, 4.69) is 34.6 Å². The lowest BCUT2D eigenvalue weighted by Gasteiger charge is -2.21. The Morgan fingerprint density at radius 2 is 1.50 bits per heavy atom. The summed E-state index contributed by atoms with van der Waals surface area (Å²) in [5.74, 6) is 2.21. The van der Waals surface area contributed by atoms with Gasteiger partial charge in [0.15, 0.2) is 0 Å². The van der Waals surface area contributed by atoms with Crippen LogP contribution in [0.3, 0.4) is 0 Å². The summed E-state index contributed by atoms with van der Waals surface area (Å²) in [7, 11) is 0. The number of carbonyl (C=O) groups excluding carboxylic acids is 1. The molecule has 1 nitrogen and oxygen atoms in total. The van der Waals surface area contributed by atoms with E-state index in [0.717, 1.165) is 18.6 Å². The third kappa shape index (κ3) is 6.17. The minimum absolute atomic E-state index is 0.272. The van der Waals surface area contributed by atoms with Crippen molar-refractivity contribution >= 4 is 6.29 Å². The van der Waals surface area contributed by atoms with Crippen LogP contribution < -0.4 is 0 Å². The van der Waals surface area contributed by atoms with Crippen LogP contribution in [0.5, 0.6) is 0 Å². The van der Waals surface area contributed by atoms with Crippen molar-refractivity contribution in [1.82, 2.24) is 0 Å². The Balaban J connectivity index is 3.91. The fourth-order valence-electron chi connectivity index (χ4n) is 1.78. The number of hydrogen-bond acceptors (Lipinski definition) is 1. The van der Waals surface area contributed by atoms with Crippen LogP contribution in [0.25, 0.3) is 0 Å². The van der Waals surface area contributed by atoms with E-state index < -0.39 is 0 Å². The predicted octanol–water partition coefficient (Wildman–Crippen LogP) is 3.92. The van der Waals surface area contributed by atoms with Gasteiger partial charge in [0.05, 0.1) is 0 Å². The second-order valence-corrected chi connectivity index (χ2v) is 5.38. The molecule has 0 saturated carbocycles. The molecule has 0 fully saturated rings. The van der Waals surface area contributed by atoms with Gasteiger partial charge in [0.1, 0.15) is 6.29 Å². The van der Waals surface area contributed by atoms with Crippen LogP contribution in [-0.2, 0) is 4.79 Å². The molecular weight excluding hydrogens is 172 g/mol. The van der Waals surface area contributed by atoms with Crippen LogP contribution in [0.4, 0.5) is 0 Å². The average Bonchev–Trinajstić information content (AvgIpc) is 2.09. The molecule has 0 bridgehead atoms. The summed E-state index contributed by atoms with van der Waals surface area (Å²) in [6.07, 6.45) is 4.63. The van der Waals surface area contributed by atoms with Gasteiger partial charge in [0.2, 0.25) is 0 Å². The first-order valence-electron chi connectivity index (χ1n) is 5.92. The Labute approximate surface area is 89.3 Å². The molecule has 1 heteroatoms. The molecule has 0 aliphatic rings. The van der Waals surface area contributed by atoms with Crippen LogP contribution >= 0.6 is 0 Å². The monoisotopic (exact) mass is 198 g/mol. The second-order valence-electron chi connectivity index (χ2n) is 5.38. The lowest BCUT2D eigenvalue weighted by molar-refractivity contribution is -0.113. The van der Waals surface area contributed by atoms with E-state index in [-0.39, 0.29) is 5.92 Å². The molecule has 0 aliphatic heterocycles. The molecule has 2 atom stereocenters. The van der Waals surface area contributed by atoms with E-state index in [1.54, 1.807) is 0 Å². The number of hydrogen-bond donors (Lipinski definition) is 0. The van der Waals surface area contributed by atoms with Gasteiger partial charge < -0.3 is 4.79 Å². The summed E-state index contributed by atoms with van der Waals surface area (Å²) >= 11 is 0. The zero-order valence-corrected chi connectivity index (χ0v) is 10.4. The van der Waals surface area contributed by atoms with Gasteiger partial charge in [-0.3, -0.25) is 0 Å². The average molecular weight is 198 g/mol. The lowest BCUT2D eigenvalue weighted by atomic mass is 9.84. The van der Waals surface area contributed by atoms with Crippen molar-refractivity contribution in [2.24, 2.45) is 23.7 Å². The Morgan fingerprint density at radius 3 is 1.86 bits per heavy atom. The highest BCUT2D eigenvalue weighted by Gasteiger charge is 2.17. The summed E-state index contributed by atoms with van der Waals surface area (Å²) in [6.45, 7) is 11.1. The van der Waals surface area contributed by atoms with Gasteiger partial charge in [-0.05, 0) is 30.6 Å². The quantitative estimate of drug-likeness (QED) is 0.567. The molecule has 2 unspecified atom stereocenters.